The third-order valence-electron chi connectivity index (χ3n) is 4.29. The third kappa shape index (κ3) is 3.43. The van der Waals surface area contributed by atoms with Gasteiger partial charge in [-0.05, 0) is 33.6 Å². The van der Waals surface area contributed by atoms with E-state index in [1.54, 1.807) is 0 Å². The number of piperazine rings is 1. The van der Waals surface area contributed by atoms with E-state index in [-0.39, 0.29) is 0 Å². The van der Waals surface area contributed by atoms with Crippen LogP contribution in [-0.2, 0) is 4.74 Å². The fourth-order valence-electron chi connectivity index (χ4n) is 3.19. The summed E-state index contributed by atoms with van der Waals surface area (Å²) in [7, 11) is 0. The average Bonchev–Trinajstić information content (AvgIpc) is 2.72. The molecule has 1 N–H and O–H groups in total. The van der Waals surface area contributed by atoms with Gasteiger partial charge in [0.15, 0.2) is 0 Å². The summed E-state index contributed by atoms with van der Waals surface area (Å²) in [5.74, 6) is 0. The molecule has 1 atom stereocenters. The van der Waals surface area contributed by atoms with Crippen LogP contribution in [0.1, 0.15) is 46.5 Å². The molecule has 1 saturated carbocycles. The van der Waals surface area contributed by atoms with Crippen molar-refractivity contribution in [1.82, 2.24) is 10.2 Å². The second-order valence-corrected chi connectivity index (χ2v) is 6.11. The Kier molecular flexibility index (Phi) is 4.45. The van der Waals surface area contributed by atoms with Gasteiger partial charge >= 0.3 is 0 Å². The first-order valence-corrected chi connectivity index (χ1v) is 7.22. The minimum Gasteiger partial charge on any atom is -0.377 e. The second kappa shape index (κ2) is 5.68. The lowest BCUT2D eigenvalue weighted by atomic mass is 9.92. The van der Waals surface area contributed by atoms with Gasteiger partial charge in [0.05, 0.1) is 12.7 Å². The summed E-state index contributed by atoms with van der Waals surface area (Å²) in [5, 5.41) is 3.79. The fraction of sp³-hybridized carbons (Fsp3) is 1.00. The smallest absolute Gasteiger partial charge is 0.0597 e. The summed E-state index contributed by atoms with van der Waals surface area (Å²) < 4.78 is 5.68. The summed E-state index contributed by atoms with van der Waals surface area (Å²) in [6.07, 6.45) is 5.88. The summed E-state index contributed by atoms with van der Waals surface area (Å²) in [6, 6.07) is 0.650. The average molecular weight is 240 g/mol. The highest BCUT2D eigenvalue weighted by Gasteiger charge is 2.39. The van der Waals surface area contributed by atoms with Gasteiger partial charge < -0.3 is 10.1 Å². The highest BCUT2D eigenvalue weighted by molar-refractivity contribution is 5.00. The van der Waals surface area contributed by atoms with Crippen molar-refractivity contribution in [1.29, 1.82) is 0 Å². The number of nitrogens with one attached hydrogen (secondary N) is 1. The molecule has 2 rings (SSSR count). The zero-order valence-corrected chi connectivity index (χ0v) is 11.7. The molecule has 3 heteroatoms. The Morgan fingerprint density at radius 1 is 1.35 bits per heavy atom. The molecular weight excluding hydrogens is 212 g/mol. The van der Waals surface area contributed by atoms with E-state index in [0.717, 1.165) is 19.7 Å². The van der Waals surface area contributed by atoms with Gasteiger partial charge in [-0.25, -0.2) is 0 Å². The molecule has 17 heavy (non-hydrogen) atoms. The minimum absolute atomic E-state index is 0.355. The lowest BCUT2D eigenvalue weighted by molar-refractivity contribution is 0.0257. The van der Waals surface area contributed by atoms with Gasteiger partial charge in [0, 0.05) is 31.2 Å². The van der Waals surface area contributed by atoms with Gasteiger partial charge in [-0.3, -0.25) is 4.90 Å². The molecule has 0 bridgehead atoms. The topological polar surface area (TPSA) is 24.5 Å². The van der Waals surface area contributed by atoms with Crippen LogP contribution in [-0.4, -0.2) is 48.8 Å². The molecule has 2 aliphatic rings. The van der Waals surface area contributed by atoms with Crippen LogP contribution in [0.15, 0.2) is 0 Å². The zero-order chi connectivity index (χ0) is 12.3. The van der Waals surface area contributed by atoms with Crippen molar-refractivity contribution in [2.75, 3.05) is 26.2 Å². The van der Waals surface area contributed by atoms with Crippen LogP contribution in [0.25, 0.3) is 0 Å². The van der Waals surface area contributed by atoms with Gasteiger partial charge in [0.1, 0.15) is 0 Å². The Hall–Kier alpha value is -0.120. The van der Waals surface area contributed by atoms with Crippen molar-refractivity contribution in [3.05, 3.63) is 0 Å². The molecular formula is C14H28N2O. The van der Waals surface area contributed by atoms with Gasteiger partial charge in [-0.15, -0.1) is 0 Å². The van der Waals surface area contributed by atoms with Crippen LogP contribution in [0, 0.1) is 0 Å². The maximum absolute atomic E-state index is 5.68. The first kappa shape index (κ1) is 13.3. The summed E-state index contributed by atoms with van der Waals surface area (Å²) >= 11 is 0. The second-order valence-electron chi connectivity index (χ2n) is 6.11. The third-order valence-corrected chi connectivity index (χ3v) is 4.29. The molecule has 0 aromatic carbocycles. The predicted octanol–water partition coefficient (Wildman–Crippen LogP) is 2.02. The monoisotopic (exact) mass is 240 g/mol. The van der Waals surface area contributed by atoms with Crippen LogP contribution in [0.2, 0.25) is 0 Å². The van der Waals surface area contributed by atoms with E-state index in [0.29, 0.717) is 17.7 Å². The first-order chi connectivity index (χ1) is 8.11. The Morgan fingerprint density at radius 2 is 2.06 bits per heavy atom. The zero-order valence-electron chi connectivity index (χ0n) is 11.7. The molecule has 100 valence electrons. The molecule has 0 amide bonds. The molecule has 2 fully saturated rings. The Morgan fingerprint density at radius 3 is 2.71 bits per heavy atom. The van der Waals surface area contributed by atoms with Crippen LogP contribution in [0.3, 0.4) is 0 Å². The van der Waals surface area contributed by atoms with Crippen LogP contribution < -0.4 is 5.32 Å². The Balaban J connectivity index is 1.82. The number of rotatable bonds is 4. The van der Waals surface area contributed by atoms with Gasteiger partial charge in [0.2, 0.25) is 0 Å². The number of hydrogen-bond acceptors (Lipinski definition) is 3. The number of nitrogens with zero attached hydrogens (tertiary/aromatic N) is 1. The maximum atomic E-state index is 5.68. The van der Waals surface area contributed by atoms with E-state index >= 15 is 0 Å². The summed E-state index contributed by atoms with van der Waals surface area (Å²) in [4.78, 5) is 2.62. The predicted molar refractivity (Wildman–Crippen MR) is 71.3 cm³/mol. The lowest BCUT2D eigenvalue weighted by Gasteiger charge is -2.45. The van der Waals surface area contributed by atoms with Crippen molar-refractivity contribution in [2.45, 2.75) is 64.1 Å². The van der Waals surface area contributed by atoms with E-state index in [9.17, 15) is 0 Å². The normalized spacial score (nSPS) is 29.3. The molecule has 1 unspecified atom stereocenters. The van der Waals surface area contributed by atoms with Crippen LogP contribution in [0.4, 0.5) is 0 Å². The van der Waals surface area contributed by atoms with Crippen molar-refractivity contribution >= 4 is 0 Å². The van der Waals surface area contributed by atoms with Crippen LogP contribution in [0.5, 0.6) is 0 Å². The molecule has 1 aliphatic heterocycles. The van der Waals surface area contributed by atoms with E-state index in [1.807, 2.05) is 0 Å². The highest BCUT2D eigenvalue weighted by Crippen LogP contribution is 2.32. The van der Waals surface area contributed by atoms with Gasteiger partial charge in [-0.1, -0.05) is 12.8 Å². The molecule has 0 aromatic rings. The SMILES string of the molecule is CC(C)OCCN1CC2(CCCC2)NCC1C. The summed E-state index contributed by atoms with van der Waals surface area (Å²) in [6.45, 7) is 10.9. The molecule has 3 nitrogen and oxygen atoms in total. The minimum atomic E-state index is 0.355. The lowest BCUT2D eigenvalue weighted by Crippen LogP contribution is -2.62. The molecule has 1 heterocycles. The Bertz CT molecular complexity index is 236. The Labute approximate surface area is 106 Å². The fourth-order valence-corrected chi connectivity index (χ4v) is 3.19. The van der Waals surface area contributed by atoms with E-state index in [1.165, 1.54) is 32.2 Å². The van der Waals surface area contributed by atoms with Crippen molar-refractivity contribution in [2.24, 2.45) is 0 Å². The van der Waals surface area contributed by atoms with E-state index in [4.69, 9.17) is 4.74 Å². The quantitative estimate of drug-likeness (QED) is 0.813. The molecule has 0 aromatic heterocycles. The van der Waals surface area contributed by atoms with Gasteiger partial charge in [0.25, 0.3) is 0 Å². The standard InChI is InChI=1S/C14H28N2O/c1-12(2)17-9-8-16-11-14(6-4-5-7-14)15-10-13(16)3/h12-13,15H,4-11H2,1-3H3. The molecule has 0 radical (unpaired) electrons. The maximum Gasteiger partial charge on any atom is 0.0597 e. The number of hydrogen-bond donors (Lipinski definition) is 1. The largest absolute Gasteiger partial charge is 0.377 e. The summed E-state index contributed by atoms with van der Waals surface area (Å²) in [5.41, 5.74) is 0.435. The van der Waals surface area contributed by atoms with E-state index in [2.05, 4.69) is 31.0 Å². The molecule has 1 aliphatic carbocycles. The molecule has 1 spiro atoms. The van der Waals surface area contributed by atoms with Crippen molar-refractivity contribution in [3.8, 4) is 0 Å². The van der Waals surface area contributed by atoms with Crippen molar-refractivity contribution in [3.63, 3.8) is 0 Å². The number of ether oxygens (including phenoxy) is 1. The van der Waals surface area contributed by atoms with Crippen molar-refractivity contribution < 1.29 is 4.74 Å². The van der Waals surface area contributed by atoms with Crippen LogP contribution >= 0.6 is 0 Å². The van der Waals surface area contributed by atoms with E-state index < -0.39 is 0 Å². The van der Waals surface area contributed by atoms with Gasteiger partial charge in [-0.2, -0.15) is 0 Å². The molecule has 1 saturated heterocycles. The highest BCUT2D eigenvalue weighted by atomic mass is 16.5. The first-order valence-electron chi connectivity index (χ1n) is 7.22.